The van der Waals surface area contributed by atoms with Crippen molar-refractivity contribution in [2.24, 2.45) is 0 Å². The van der Waals surface area contributed by atoms with Gasteiger partial charge in [-0.05, 0) is 12.5 Å². The molecule has 0 bridgehead atoms. The monoisotopic (exact) mass is 394 g/mol. The van der Waals surface area contributed by atoms with E-state index in [1.54, 1.807) is 11.0 Å². The molecule has 0 aliphatic carbocycles. The van der Waals surface area contributed by atoms with Gasteiger partial charge in [0.25, 0.3) is 5.91 Å². The van der Waals surface area contributed by atoms with Crippen LogP contribution in [0.15, 0.2) is 21.5 Å². The van der Waals surface area contributed by atoms with Gasteiger partial charge >= 0.3 is 0 Å². The fraction of sp³-hybridized carbons (Fsp3) is 0.579. The molecule has 1 aromatic rings. The van der Waals surface area contributed by atoms with Crippen molar-refractivity contribution < 1.29 is 13.9 Å². The van der Waals surface area contributed by atoms with Crippen molar-refractivity contribution in [3.05, 3.63) is 22.8 Å². The molecule has 2 saturated heterocycles. The molecule has 3 heterocycles. The summed E-state index contributed by atoms with van der Waals surface area (Å²) in [4.78, 5) is 17.2. The Morgan fingerprint density at radius 2 is 1.96 bits per heavy atom. The van der Waals surface area contributed by atoms with E-state index < -0.39 is 0 Å². The van der Waals surface area contributed by atoms with Crippen molar-refractivity contribution in [3.63, 3.8) is 0 Å². The summed E-state index contributed by atoms with van der Waals surface area (Å²) in [6.45, 7) is 5.99. The number of nitrogens with zero attached hydrogens (tertiary/aromatic N) is 2. The summed E-state index contributed by atoms with van der Waals surface area (Å²) in [6.07, 6.45) is 7.65. The van der Waals surface area contributed by atoms with Crippen molar-refractivity contribution in [1.82, 2.24) is 4.90 Å². The first-order chi connectivity index (χ1) is 12.7. The first-order valence-corrected chi connectivity index (χ1v) is 10.6. The number of morpholine rings is 1. The number of thioether (sulfide) groups is 1. The number of furan rings is 1. The SMILES string of the molecule is CCCCCCCN1C(=O)/C(=C\c2ccc(N3CCOCC3)o2)SC1=S. The molecule has 1 amide bonds. The second-order valence-electron chi connectivity index (χ2n) is 6.52. The van der Waals surface area contributed by atoms with E-state index in [1.807, 2.05) is 12.1 Å². The van der Waals surface area contributed by atoms with E-state index in [2.05, 4.69) is 11.8 Å². The number of rotatable bonds is 8. The molecule has 7 heteroatoms. The Hall–Kier alpha value is -1.31. The Morgan fingerprint density at radius 1 is 1.19 bits per heavy atom. The molecule has 26 heavy (non-hydrogen) atoms. The van der Waals surface area contributed by atoms with Gasteiger partial charge in [0, 0.05) is 31.8 Å². The van der Waals surface area contributed by atoms with Crippen molar-refractivity contribution >= 4 is 46.2 Å². The van der Waals surface area contributed by atoms with Gasteiger partial charge in [0.1, 0.15) is 10.1 Å². The van der Waals surface area contributed by atoms with Crippen molar-refractivity contribution in [2.75, 3.05) is 37.7 Å². The molecule has 3 rings (SSSR count). The minimum atomic E-state index is -0.000172. The first kappa shape index (κ1) is 19.5. The topological polar surface area (TPSA) is 45.9 Å². The Kier molecular flexibility index (Phi) is 7.16. The molecule has 0 unspecified atom stereocenters. The van der Waals surface area contributed by atoms with Crippen molar-refractivity contribution in [3.8, 4) is 0 Å². The number of unbranched alkanes of at least 4 members (excludes halogenated alkanes) is 4. The largest absolute Gasteiger partial charge is 0.441 e. The van der Waals surface area contributed by atoms with Crippen LogP contribution < -0.4 is 4.90 Å². The maximum atomic E-state index is 12.6. The van der Waals surface area contributed by atoms with Gasteiger partial charge in [-0.15, -0.1) is 0 Å². The van der Waals surface area contributed by atoms with Crippen LogP contribution in [-0.4, -0.2) is 48.0 Å². The maximum absolute atomic E-state index is 12.6. The molecule has 1 aromatic heterocycles. The minimum Gasteiger partial charge on any atom is -0.441 e. The molecule has 0 atom stereocenters. The number of carbonyl (C=O) groups is 1. The summed E-state index contributed by atoms with van der Waals surface area (Å²) < 4.78 is 11.9. The van der Waals surface area contributed by atoms with E-state index in [9.17, 15) is 4.79 Å². The maximum Gasteiger partial charge on any atom is 0.266 e. The van der Waals surface area contributed by atoms with Crippen LogP contribution in [0.25, 0.3) is 6.08 Å². The van der Waals surface area contributed by atoms with Crippen LogP contribution in [0.3, 0.4) is 0 Å². The van der Waals surface area contributed by atoms with Crippen molar-refractivity contribution in [1.29, 1.82) is 0 Å². The van der Waals surface area contributed by atoms with E-state index in [-0.39, 0.29) is 5.91 Å². The first-order valence-electron chi connectivity index (χ1n) is 9.37. The molecule has 2 aliphatic rings. The van der Waals surface area contributed by atoms with Gasteiger partial charge in [-0.2, -0.15) is 0 Å². The third-order valence-electron chi connectivity index (χ3n) is 4.57. The Morgan fingerprint density at radius 3 is 2.73 bits per heavy atom. The number of hydrogen-bond donors (Lipinski definition) is 0. The normalized spacial score (nSPS) is 19.8. The van der Waals surface area contributed by atoms with Gasteiger partial charge < -0.3 is 14.1 Å². The van der Waals surface area contributed by atoms with Crippen molar-refractivity contribution in [2.45, 2.75) is 39.0 Å². The van der Waals surface area contributed by atoms with Gasteiger partial charge in [-0.3, -0.25) is 9.69 Å². The molecular formula is C19H26N2O3S2. The standard InChI is InChI=1S/C19H26N2O3S2/c1-2-3-4-5-6-9-21-18(22)16(26-19(21)25)14-15-7-8-17(24-15)20-10-12-23-13-11-20/h7-8,14H,2-6,9-13H2,1H3/b16-14+. The lowest BCUT2D eigenvalue weighted by atomic mass is 10.1. The minimum absolute atomic E-state index is 0.000172. The highest BCUT2D eigenvalue weighted by atomic mass is 32.2. The zero-order valence-electron chi connectivity index (χ0n) is 15.2. The predicted octanol–water partition coefficient (Wildman–Crippen LogP) is 4.29. The van der Waals surface area contributed by atoms with E-state index >= 15 is 0 Å². The average molecular weight is 395 g/mol. The Bertz CT molecular complexity index is 665. The molecule has 2 aliphatic heterocycles. The zero-order chi connectivity index (χ0) is 18.4. The van der Waals surface area contributed by atoms with Crippen LogP contribution in [0.4, 0.5) is 5.88 Å². The van der Waals surface area contributed by atoms with Gasteiger partial charge in [-0.25, -0.2) is 0 Å². The Balaban J connectivity index is 1.58. The highest BCUT2D eigenvalue weighted by Gasteiger charge is 2.31. The van der Waals surface area contributed by atoms with E-state index in [4.69, 9.17) is 21.4 Å². The summed E-state index contributed by atoms with van der Waals surface area (Å²) in [5.41, 5.74) is 0. The predicted molar refractivity (Wildman–Crippen MR) is 110 cm³/mol. The third-order valence-corrected chi connectivity index (χ3v) is 5.95. The molecule has 142 valence electrons. The molecule has 0 saturated carbocycles. The number of carbonyl (C=O) groups excluding carboxylic acids is 1. The Labute approximate surface area is 164 Å². The molecule has 0 N–H and O–H groups in total. The third kappa shape index (κ3) is 4.90. The van der Waals surface area contributed by atoms with E-state index in [1.165, 1.54) is 31.0 Å². The summed E-state index contributed by atoms with van der Waals surface area (Å²) >= 11 is 6.76. The fourth-order valence-corrected chi connectivity index (χ4v) is 4.36. The van der Waals surface area contributed by atoms with Crippen LogP contribution in [0, 0.1) is 0 Å². The summed E-state index contributed by atoms with van der Waals surface area (Å²) in [5.74, 6) is 1.51. The zero-order valence-corrected chi connectivity index (χ0v) is 16.9. The second kappa shape index (κ2) is 9.58. The van der Waals surface area contributed by atoms with Gasteiger partial charge in [-0.1, -0.05) is 56.6 Å². The fourth-order valence-electron chi connectivity index (χ4n) is 3.07. The summed E-state index contributed by atoms with van der Waals surface area (Å²) in [5, 5.41) is 0. The number of ether oxygens (including phenoxy) is 1. The quantitative estimate of drug-likeness (QED) is 0.372. The second-order valence-corrected chi connectivity index (χ2v) is 8.20. The highest BCUT2D eigenvalue weighted by molar-refractivity contribution is 8.26. The highest BCUT2D eigenvalue weighted by Crippen LogP contribution is 2.33. The number of amides is 1. The molecule has 0 spiro atoms. The number of thiocarbonyl (C=S) groups is 1. The summed E-state index contributed by atoms with van der Waals surface area (Å²) in [6, 6.07) is 3.85. The van der Waals surface area contributed by atoms with Crippen LogP contribution >= 0.6 is 24.0 Å². The van der Waals surface area contributed by atoms with Gasteiger partial charge in [0.2, 0.25) is 0 Å². The lowest BCUT2D eigenvalue weighted by Gasteiger charge is -2.26. The molecular weight excluding hydrogens is 368 g/mol. The smallest absolute Gasteiger partial charge is 0.266 e. The van der Waals surface area contributed by atoms with Crippen LogP contribution in [0.5, 0.6) is 0 Å². The molecule has 0 aromatic carbocycles. The van der Waals surface area contributed by atoms with Gasteiger partial charge in [0.05, 0.1) is 18.1 Å². The molecule has 0 radical (unpaired) electrons. The van der Waals surface area contributed by atoms with Crippen LogP contribution in [0.1, 0.15) is 44.8 Å². The molecule has 2 fully saturated rings. The van der Waals surface area contributed by atoms with E-state index in [0.717, 1.165) is 31.8 Å². The van der Waals surface area contributed by atoms with Crippen LogP contribution in [0.2, 0.25) is 0 Å². The number of anilines is 1. The van der Waals surface area contributed by atoms with E-state index in [0.29, 0.717) is 34.7 Å². The average Bonchev–Trinajstić information content (AvgIpc) is 3.22. The lowest BCUT2D eigenvalue weighted by molar-refractivity contribution is -0.122. The molecule has 5 nitrogen and oxygen atoms in total. The van der Waals surface area contributed by atoms with Gasteiger partial charge in [0.15, 0.2) is 5.88 Å². The summed E-state index contributed by atoms with van der Waals surface area (Å²) in [7, 11) is 0. The van der Waals surface area contributed by atoms with Crippen LogP contribution in [-0.2, 0) is 9.53 Å². The lowest BCUT2D eigenvalue weighted by Crippen LogP contribution is -2.35. The number of hydrogen-bond acceptors (Lipinski definition) is 6.